The summed E-state index contributed by atoms with van der Waals surface area (Å²) in [7, 11) is 0. The van der Waals surface area contributed by atoms with Crippen LogP contribution in [0.5, 0.6) is 0 Å². The van der Waals surface area contributed by atoms with E-state index in [1.165, 1.54) is 0 Å². The van der Waals surface area contributed by atoms with E-state index in [2.05, 4.69) is 20.9 Å². The Morgan fingerprint density at radius 3 is 2.88 bits per heavy atom. The summed E-state index contributed by atoms with van der Waals surface area (Å²) >= 11 is 5.07. The molecule has 1 aliphatic rings. The highest BCUT2D eigenvalue weighted by Crippen LogP contribution is 2.51. The van der Waals surface area contributed by atoms with Gasteiger partial charge in [-0.15, -0.1) is 11.8 Å². The number of hydrogen-bond acceptors (Lipinski definition) is 3. The van der Waals surface area contributed by atoms with Gasteiger partial charge in [0, 0.05) is 16.4 Å². The van der Waals surface area contributed by atoms with Crippen molar-refractivity contribution in [3.05, 3.63) is 22.3 Å². The van der Waals surface area contributed by atoms with Crippen molar-refractivity contribution in [3.8, 4) is 0 Å². The van der Waals surface area contributed by atoms with E-state index in [-0.39, 0.29) is 11.8 Å². The Morgan fingerprint density at radius 2 is 2.35 bits per heavy atom. The summed E-state index contributed by atoms with van der Waals surface area (Å²) in [6.07, 6.45) is 4.15. The normalized spacial score (nSPS) is 16.8. The molecule has 1 aromatic rings. The average Bonchev–Trinajstić information content (AvgIpc) is 2.99. The van der Waals surface area contributed by atoms with Crippen LogP contribution < -0.4 is 0 Å². The highest BCUT2D eigenvalue weighted by molar-refractivity contribution is 9.10. The minimum atomic E-state index is -0.692. The summed E-state index contributed by atoms with van der Waals surface area (Å²) in [4.78, 5) is 15.1. The monoisotopic (exact) mass is 315 g/mol. The predicted octanol–water partition coefficient (Wildman–Crippen LogP) is 3.50. The quantitative estimate of drug-likeness (QED) is 0.845. The molecule has 1 N–H and O–H groups in total. The molecule has 2 rings (SSSR count). The van der Waals surface area contributed by atoms with Gasteiger partial charge < -0.3 is 5.11 Å². The number of carboxylic acid groups (broad SMARTS) is 1. The molecule has 1 saturated carbocycles. The Morgan fingerprint density at radius 1 is 1.65 bits per heavy atom. The first-order chi connectivity index (χ1) is 8.01. The van der Waals surface area contributed by atoms with Crippen molar-refractivity contribution in [2.24, 2.45) is 5.41 Å². The van der Waals surface area contributed by atoms with E-state index in [0.29, 0.717) is 0 Å². The summed E-state index contributed by atoms with van der Waals surface area (Å²) in [6.45, 7) is 2.03. The van der Waals surface area contributed by atoms with Crippen LogP contribution in [0.2, 0.25) is 0 Å². The lowest BCUT2D eigenvalue weighted by molar-refractivity contribution is -0.138. The fourth-order valence-electron chi connectivity index (χ4n) is 1.69. The Bertz CT molecular complexity index is 446. The molecule has 3 nitrogen and oxygen atoms in total. The molecular weight excluding hydrogens is 302 g/mol. The fourth-order valence-corrected chi connectivity index (χ4v) is 3.14. The van der Waals surface area contributed by atoms with Gasteiger partial charge in [0.25, 0.3) is 0 Å². The van der Waals surface area contributed by atoms with Gasteiger partial charge in [-0.2, -0.15) is 0 Å². The number of aliphatic carboxylic acids is 1. The van der Waals surface area contributed by atoms with Gasteiger partial charge >= 0.3 is 5.97 Å². The number of carboxylic acids is 1. The van der Waals surface area contributed by atoms with Crippen LogP contribution in [0.15, 0.2) is 21.8 Å². The standard InChI is InChI=1S/C12H14BrNO2S/c1-8-4-10(14-6-9(8)13)17-7-12(2-3-12)5-11(15)16/h4,6H,2-3,5,7H2,1H3,(H,15,16). The fraction of sp³-hybridized carbons (Fsp3) is 0.500. The maximum absolute atomic E-state index is 10.7. The molecule has 1 aliphatic carbocycles. The molecular formula is C12H14BrNO2S. The molecule has 1 fully saturated rings. The molecule has 0 amide bonds. The number of pyridine rings is 1. The number of aromatic nitrogens is 1. The first kappa shape index (κ1) is 12.9. The number of carbonyl (C=O) groups is 1. The molecule has 17 heavy (non-hydrogen) atoms. The lowest BCUT2D eigenvalue weighted by Crippen LogP contribution is -2.11. The van der Waals surface area contributed by atoms with E-state index >= 15 is 0 Å². The van der Waals surface area contributed by atoms with Crippen molar-refractivity contribution in [3.63, 3.8) is 0 Å². The Kier molecular flexibility index (Phi) is 3.78. The maximum atomic E-state index is 10.7. The second kappa shape index (κ2) is 4.98. The highest BCUT2D eigenvalue weighted by atomic mass is 79.9. The molecule has 1 aromatic heterocycles. The predicted molar refractivity (Wildman–Crippen MR) is 71.3 cm³/mol. The SMILES string of the molecule is Cc1cc(SCC2(CC(=O)O)CC2)ncc1Br. The lowest BCUT2D eigenvalue weighted by Gasteiger charge is -2.11. The molecule has 0 bridgehead atoms. The average molecular weight is 316 g/mol. The minimum Gasteiger partial charge on any atom is -0.481 e. The van der Waals surface area contributed by atoms with Crippen molar-refractivity contribution in [2.45, 2.75) is 31.2 Å². The molecule has 92 valence electrons. The number of hydrogen-bond donors (Lipinski definition) is 1. The zero-order chi connectivity index (χ0) is 12.5. The molecule has 5 heteroatoms. The summed E-state index contributed by atoms with van der Waals surface area (Å²) in [5, 5.41) is 9.81. The first-order valence-electron chi connectivity index (χ1n) is 5.48. The zero-order valence-corrected chi connectivity index (χ0v) is 12.0. The van der Waals surface area contributed by atoms with E-state index < -0.39 is 5.97 Å². The molecule has 0 aliphatic heterocycles. The van der Waals surface area contributed by atoms with Crippen LogP contribution in [0.25, 0.3) is 0 Å². The van der Waals surface area contributed by atoms with E-state index in [4.69, 9.17) is 5.11 Å². The summed E-state index contributed by atoms with van der Waals surface area (Å²) in [5.74, 6) is 0.163. The summed E-state index contributed by atoms with van der Waals surface area (Å²) in [6, 6.07) is 2.03. The van der Waals surface area contributed by atoms with Gasteiger partial charge in [0.15, 0.2) is 0 Å². The van der Waals surface area contributed by atoms with Crippen molar-refractivity contribution in [1.82, 2.24) is 4.98 Å². The second-order valence-corrected chi connectivity index (χ2v) is 6.48. The third kappa shape index (κ3) is 3.45. The second-order valence-electron chi connectivity index (χ2n) is 4.63. The molecule has 1 heterocycles. The molecule has 0 aromatic carbocycles. The van der Waals surface area contributed by atoms with Gasteiger partial charge in [-0.25, -0.2) is 4.98 Å². The van der Waals surface area contributed by atoms with Crippen molar-refractivity contribution >= 4 is 33.7 Å². The lowest BCUT2D eigenvalue weighted by atomic mass is 10.1. The van der Waals surface area contributed by atoms with E-state index in [1.54, 1.807) is 18.0 Å². The first-order valence-corrected chi connectivity index (χ1v) is 7.25. The topological polar surface area (TPSA) is 50.2 Å². The zero-order valence-electron chi connectivity index (χ0n) is 9.57. The number of aryl methyl sites for hydroxylation is 1. The molecule has 0 radical (unpaired) electrons. The van der Waals surface area contributed by atoms with Gasteiger partial charge in [0.2, 0.25) is 0 Å². The third-order valence-electron chi connectivity index (χ3n) is 3.03. The third-order valence-corrected chi connectivity index (χ3v) is 5.14. The minimum absolute atomic E-state index is 0.0269. The van der Waals surface area contributed by atoms with E-state index in [1.807, 2.05) is 13.0 Å². The highest BCUT2D eigenvalue weighted by Gasteiger charge is 2.44. The van der Waals surface area contributed by atoms with Crippen LogP contribution in [0, 0.1) is 12.3 Å². The van der Waals surface area contributed by atoms with Gasteiger partial charge in [0.05, 0.1) is 11.4 Å². The Balaban J connectivity index is 1.94. The van der Waals surface area contributed by atoms with Crippen LogP contribution >= 0.6 is 27.7 Å². The van der Waals surface area contributed by atoms with Crippen LogP contribution in [0.1, 0.15) is 24.8 Å². The van der Waals surface area contributed by atoms with Crippen LogP contribution in [0.4, 0.5) is 0 Å². The van der Waals surface area contributed by atoms with Gasteiger partial charge in [0.1, 0.15) is 0 Å². The summed E-state index contributed by atoms with van der Waals surface area (Å²) < 4.78 is 1.01. The maximum Gasteiger partial charge on any atom is 0.303 e. The van der Waals surface area contributed by atoms with Crippen molar-refractivity contribution < 1.29 is 9.90 Å². The van der Waals surface area contributed by atoms with Gasteiger partial charge in [-0.1, -0.05) is 0 Å². The van der Waals surface area contributed by atoms with Gasteiger partial charge in [-0.05, 0) is 52.7 Å². The van der Waals surface area contributed by atoms with Crippen molar-refractivity contribution in [1.29, 1.82) is 0 Å². The number of halogens is 1. The number of nitrogens with zero attached hydrogens (tertiary/aromatic N) is 1. The Labute approximate surface area is 113 Å². The van der Waals surface area contributed by atoms with E-state index in [9.17, 15) is 4.79 Å². The van der Waals surface area contributed by atoms with Crippen LogP contribution in [-0.4, -0.2) is 21.8 Å². The largest absolute Gasteiger partial charge is 0.481 e. The molecule has 0 spiro atoms. The number of thioether (sulfide) groups is 1. The smallest absolute Gasteiger partial charge is 0.303 e. The molecule has 0 unspecified atom stereocenters. The van der Waals surface area contributed by atoms with E-state index in [0.717, 1.165) is 33.7 Å². The Hall–Kier alpha value is -0.550. The summed E-state index contributed by atoms with van der Waals surface area (Å²) in [5.41, 5.74) is 1.18. The van der Waals surface area contributed by atoms with Gasteiger partial charge in [-0.3, -0.25) is 4.79 Å². The van der Waals surface area contributed by atoms with Crippen LogP contribution in [-0.2, 0) is 4.79 Å². The van der Waals surface area contributed by atoms with Crippen LogP contribution in [0.3, 0.4) is 0 Å². The molecule has 0 atom stereocenters. The molecule has 0 saturated heterocycles. The number of rotatable bonds is 5. The van der Waals surface area contributed by atoms with Crippen molar-refractivity contribution in [2.75, 3.05) is 5.75 Å².